The molecule has 7 nitrogen and oxygen atoms in total. The van der Waals surface area contributed by atoms with Gasteiger partial charge in [-0.1, -0.05) is 0 Å². The molecular weight excluding hydrogens is 338 g/mol. The Kier molecular flexibility index (Phi) is 5.20. The first-order chi connectivity index (χ1) is 13.2. The van der Waals surface area contributed by atoms with Crippen LogP contribution in [0.2, 0.25) is 0 Å². The molecule has 1 fully saturated rings. The summed E-state index contributed by atoms with van der Waals surface area (Å²) in [4.78, 5) is 17.7. The minimum Gasteiger partial charge on any atom is -0.381 e. The third-order valence-electron chi connectivity index (χ3n) is 5.15. The fraction of sp³-hybridized carbons (Fsp3) is 0.450. The van der Waals surface area contributed by atoms with E-state index in [1.54, 1.807) is 6.20 Å². The summed E-state index contributed by atoms with van der Waals surface area (Å²) in [5.74, 6) is 1.76. The summed E-state index contributed by atoms with van der Waals surface area (Å²) < 4.78 is 2.08. The molecule has 1 saturated heterocycles. The summed E-state index contributed by atoms with van der Waals surface area (Å²) in [7, 11) is 4.02. The molecule has 0 saturated carbocycles. The summed E-state index contributed by atoms with van der Waals surface area (Å²) in [5, 5.41) is 3.66. The number of hydrogen-bond donors (Lipinski definition) is 1. The number of imidazole rings is 1. The topological polar surface area (TPSA) is 61.6 Å². The maximum Gasteiger partial charge on any atom is 0.233 e. The molecule has 142 valence electrons. The number of nitrogens with zero attached hydrogens (tertiary/aromatic N) is 6. The number of nitrogens with one attached hydrogen (secondary N) is 1. The van der Waals surface area contributed by atoms with Gasteiger partial charge >= 0.3 is 0 Å². The van der Waals surface area contributed by atoms with Crippen LogP contribution in [-0.2, 0) is 6.54 Å². The van der Waals surface area contributed by atoms with Crippen molar-refractivity contribution in [2.45, 2.75) is 31.8 Å². The molecule has 0 bridgehead atoms. The van der Waals surface area contributed by atoms with Crippen LogP contribution in [0.25, 0.3) is 5.78 Å². The van der Waals surface area contributed by atoms with Gasteiger partial charge in [0.1, 0.15) is 5.82 Å². The molecular formula is C20H27N7. The molecule has 0 aromatic carbocycles. The van der Waals surface area contributed by atoms with Gasteiger partial charge in [-0.15, -0.1) is 0 Å². The predicted molar refractivity (Wildman–Crippen MR) is 108 cm³/mol. The number of rotatable bonds is 5. The van der Waals surface area contributed by atoms with Gasteiger partial charge in [0, 0.05) is 45.6 Å². The molecule has 1 atom stereocenters. The van der Waals surface area contributed by atoms with Gasteiger partial charge in [0.15, 0.2) is 0 Å². The Hall–Kier alpha value is -2.67. The second-order valence-corrected chi connectivity index (χ2v) is 7.39. The summed E-state index contributed by atoms with van der Waals surface area (Å²) in [6.45, 7) is 3.11. The van der Waals surface area contributed by atoms with E-state index in [1.807, 2.05) is 43.7 Å². The Morgan fingerprint density at radius 3 is 2.85 bits per heavy atom. The average Bonchev–Trinajstić information content (AvgIpc) is 2.95. The lowest BCUT2D eigenvalue weighted by Gasteiger charge is -2.20. The SMILES string of the molecule is CN(C)c1ccc(NC2CCCN(Cc3cnc4ncccn34)CC2)cn1. The highest BCUT2D eigenvalue weighted by Crippen LogP contribution is 2.19. The van der Waals surface area contributed by atoms with Gasteiger partial charge in [-0.2, -0.15) is 0 Å². The molecule has 0 radical (unpaired) electrons. The summed E-state index contributed by atoms with van der Waals surface area (Å²) in [6, 6.07) is 6.63. The molecule has 4 rings (SSSR count). The van der Waals surface area contributed by atoms with Gasteiger partial charge in [-0.25, -0.2) is 15.0 Å². The standard InChI is InChI=1S/C20H27N7/c1-25(2)19-7-6-17(13-22-19)24-16-5-3-10-26(12-8-16)15-18-14-23-20-21-9-4-11-27(18)20/h4,6-7,9,11,13-14,16,24H,3,5,8,10,12,15H2,1-2H3. The van der Waals surface area contributed by atoms with E-state index in [1.165, 1.54) is 18.5 Å². The molecule has 1 aliphatic heterocycles. The minimum atomic E-state index is 0.492. The molecule has 3 aromatic rings. The summed E-state index contributed by atoms with van der Waals surface area (Å²) in [6.07, 6.45) is 11.2. The number of pyridine rings is 1. The molecule has 1 unspecified atom stereocenters. The van der Waals surface area contributed by atoms with Crippen LogP contribution in [-0.4, -0.2) is 57.5 Å². The molecule has 1 aliphatic rings. The van der Waals surface area contributed by atoms with Crippen LogP contribution in [0.3, 0.4) is 0 Å². The third-order valence-corrected chi connectivity index (χ3v) is 5.15. The van der Waals surface area contributed by atoms with E-state index in [9.17, 15) is 0 Å². The van der Waals surface area contributed by atoms with Gasteiger partial charge in [0.2, 0.25) is 5.78 Å². The van der Waals surface area contributed by atoms with Crippen LogP contribution in [0, 0.1) is 0 Å². The number of aromatic nitrogens is 4. The lowest BCUT2D eigenvalue weighted by atomic mass is 10.1. The largest absolute Gasteiger partial charge is 0.381 e. The first-order valence-electron chi connectivity index (χ1n) is 9.58. The summed E-state index contributed by atoms with van der Waals surface area (Å²) >= 11 is 0. The number of fused-ring (bicyclic) bond motifs is 1. The van der Waals surface area contributed by atoms with Crippen molar-refractivity contribution in [1.82, 2.24) is 24.3 Å². The van der Waals surface area contributed by atoms with Gasteiger partial charge in [-0.3, -0.25) is 9.30 Å². The van der Waals surface area contributed by atoms with Crippen molar-refractivity contribution in [2.24, 2.45) is 0 Å². The van der Waals surface area contributed by atoms with Crippen molar-refractivity contribution >= 4 is 17.3 Å². The highest BCUT2D eigenvalue weighted by molar-refractivity contribution is 5.48. The van der Waals surface area contributed by atoms with Crippen LogP contribution in [0.15, 0.2) is 43.0 Å². The maximum atomic E-state index is 4.50. The predicted octanol–water partition coefficient (Wildman–Crippen LogP) is 2.66. The van der Waals surface area contributed by atoms with E-state index in [2.05, 4.69) is 41.7 Å². The zero-order valence-electron chi connectivity index (χ0n) is 16.0. The Balaban J connectivity index is 1.35. The number of hydrogen-bond acceptors (Lipinski definition) is 6. The molecule has 4 heterocycles. The van der Waals surface area contributed by atoms with Crippen LogP contribution >= 0.6 is 0 Å². The maximum absolute atomic E-state index is 4.50. The van der Waals surface area contributed by atoms with Crippen LogP contribution in [0.5, 0.6) is 0 Å². The van der Waals surface area contributed by atoms with Crippen molar-refractivity contribution in [1.29, 1.82) is 0 Å². The van der Waals surface area contributed by atoms with Crippen LogP contribution in [0.4, 0.5) is 11.5 Å². The van der Waals surface area contributed by atoms with Gasteiger partial charge in [-0.05, 0) is 44.0 Å². The quantitative estimate of drug-likeness (QED) is 0.750. The highest BCUT2D eigenvalue weighted by atomic mass is 15.2. The molecule has 0 spiro atoms. The highest BCUT2D eigenvalue weighted by Gasteiger charge is 2.18. The normalized spacial score (nSPS) is 18.4. The Labute approximate surface area is 160 Å². The molecule has 0 amide bonds. The third kappa shape index (κ3) is 4.19. The van der Waals surface area contributed by atoms with E-state index < -0.39 is 0 Å². The number of likely N-dealkylation sites (tertiary alicyclic amines) is 1. The Morgan fingerprint density at radius 1 is 1.11 bits per heavy atom. The van der Waals surface area contributed by atoms with E-state index in [0.717, 1.165) is 43.3 Å². The van der Waals surface area contributed by atoms with Gasteiger partial charge in [0.05, 0.1) is 23.8 Å². The van der Waals surface area contributed by atoms with Gasteiger partial charge < -0.3 is 10.2 Å². The second-order valence-electron chi connectivity index (χ2n) is 7.39. The zero-order valence-corrected chi connectivity index (χ0v) is 16.0. The smallest absolute Gasteiger partial charge is 0.233 e. The number of anilines is 2. The molecule has 7 heteroatoms. The molecule has 27 heavy (non-hydrogen) atoms. The van der Waals surface area contributed by atoms with Crippen molar-refractivity contribution < 1.29 is 0 Å². The van der Waals surface area contributed by atoms with E-state index in [-0.39, 0.29) is 0 Å². The monoisotopic (exact) mass is 365 g/mol. The lowest BCUT2D eigenvalue weighted by Crippen LogP contribution is -2.26. The molecule has 3 aromatic heterocycles. The fourth-order valence-electron chi connectivity index (χ4n) is 3.65. The fourth-order valence-corrected chi connectivity index (χ4v) is 3.65. The molecule has 0 aliphatic carbocycles. The van der Waals surface area contributed by atoms with Crippen molar-refractivity contribution in [3.8, 4) is 0 Å². The average molecular weight is 365 g/mol. The van der Waals surface area contributed by atoms with Crippen molar-refractivity contribution in [3.63, 3.8) is 0 Å². The first-order valence-corrected chi connectivity index (χ1v) is 9.58. The lowest BCUT2D eigenvalue weighted by molar-refractivity contribution is 0.272. The summed E-state index contributed by atoms with van der Waals surface area (Å²) in [5.41, 5.74) is 2.31. The molecule has 1 N–H and O–H groups in total. The zero-order chi connectivity index (χ0) is 18.6. The van der Waals surface area contributed by atoms with Crippen molar-refractivity contribution in [2.75, 3.05) is 37.4 Å². The van der Waals surface area contributed by atoms with E-state index in [0.29, 0.717) is 6.04 Å². The van der Waals surface area contributed by atoms with E-state index >= 15 is 0 Å². The first kappa shape index (κ1) is 17.7. The van der Waals surface area contributed by atoms with Gasteiger partial charge in [0.25, 0.3) is 0 Å². The Bertz CT molecular complexity index is 871. The van der Waals surface area contributed by atoms with E-state index in [4.69, 9.17) is 0 Å². The van der Waals surface area contributed by atoms with Crippen LogP contribution < -0.4 is 10.2 Å². The minimum absolute atomic E-state index is 0.492. The Morgan fingerprint density at radius 2 is 2.04 bits per heavy atom. The van der Waals surface area contributed by atoms with Crippen LogP contribution in [0.1, 0.15) is 25.0 Å². The second kappa shape index (κ2) is 7.92. The van der Waals surface area contributed by atoms with Crippen molar-refractivity contribution in [3.05, 3.63) is 48.7 Å².